The molecule has 0 unspecified atom stereocenters. The van der Waals surface area contributed by atoms with Gasteiger partial charge in [0, 0.05) is 26.4 Å². The molecule has 2 N–H and O–H groups in total. The topological polar surface area (TPSA) is 38.9 Å². The van der Waals surface area contributed by atoms with Gasteiger partial charge in [0.15, 0.2) is 0 Å². The zero-order valence-corrected chi connectivity index (χ0v) is 11.6. The third-order valence-electron chi connectivity index (χ3n) is 2.79. The minimum atomic E-state index is 0.700. The highest BCUT2D eigenvalue weighted by Crippen LogP contribution is 2.34. The molecule has 94 valence electrons. The first-order valence-corrected chi connectivity index (χ1v) is 7.00. The molecular formula is C15H11ClN2S. The summed E-state index contributed by atoms with van der Waals surface area (Å²) in [6, 6.07) is 15.6. The van der Waals surface area contributed by atoms with Crippen LogP contribution in [0.3, 0.4) is 0 Å². The molecule has 0 spiro atoms. The molecule has 19 heavy (non-hydrogen) atoms. The second-order valence-electron chi connectivity index (χ2n) is 4.11. The first kappa shape index (κ1) is 12.3. The lowest BCUT2D eigenvalue weighted by atomic mass is 10.2. The third kappa shape index (κ3) is 2.53. The molecule has 1 aromatic heterocycles. The Balaban J connectivity index is 2.08. The van der Waals surface area contributed by atoms with E-state index < -0.39 is 0 Å². The number of anilines is 1. The van der Waals surface area contributed by atoms with Crippen molar-refractivity contribution in [1.82, 2.24) is 4.98 Å². The van der Waals surface area contributed by atoms with E-state index >= 15 is 0 Å². The Labute approximate surface area is 120 Å². The summed E-state index contributed by atoms with van der Waals surface area (Å²) in [6.45, 7) is 0. The second-order valence-corrected chi connectivity index (χ2v) is 5.66. The summed E-state index contributed by atoms with van der Waals surface area (Å²) >= 11 is 7.67. The molecule has 2 aromatic carbocycles. The maximum absolute atomic E-state index is 6.01. The van der Waals surface area contributed by atoms with Gasteiger partial charge in [0.2, 0.25) is 0 Å². The van der Waals surface area contributed by atoms with Crippen LogP contribution in [-0.4, -0.2) is 4.98 Å². The Kier molecular flexibility index (Phi) is 3.32. The maximum atomic E-state index is 6.01. The smallest absolute Gasteiger partial charge is 0.0942 e. The Bertz CT molecular complexity index is 743. The monoisotopic (exact) mass is 286 g/mol. The minimum Gasteiger partial charge on any atom is -0.397 e. The first-order valence-electron chi connectivity index (χ1n) is 5.81. The second kappa shape index (κ2) is 5.11. The minimum absolute atomic E-state index is 0.700. The largest absolute Gasteiger partial charge is 0.397 e. The molecule has 0 saturated heterocycles. The van der Waals surface area contributed by atoms with Crippen LogP contribution in [0.1, 0.15) is 0 Å². The Hall–Kier alpha value is -1.71. The molecule has 4 heteroatoms. The van der Waals surface area contributed by atoms with E-state index in [1.54, 1.807) is 18.0 Å². The lowest BCUT2D eigenvalue weighted by molar-refractivity contribution is 1.35. The fourth-order valence-electron chi connectivity index (χ4n) is 1.92. The molecular weight excluding hydrogens is 276 g/mol. The summed E-state index contributed by atoms with van der Waals surface area (Å²) in [4.78, 5) is 6.56. The number of fused-ring (bicyclic) bond motifs is 1. The molecule has 3 aromatic rings. The molecule has 0 aliphatic heterocycles. The maximum Gasteiger partial charge on any atom is 0.0942 e. The average molecular weight is 287 g/mol. The number of nitrogens with two attached hydrogens (primary N) is 1. The van der Waals surface area contributed by atoms with Crippen LogP contribution in [0.25, 0.3) is 10.9 Å². The third-order valence-corrected chi connectivity index (χ3v) is 4.09. The van der Waals surface area contributed by atoms with E-state index in [0.717, 1.165) is 25.7 Å². The molecule has 0 saturated carbocycles. The van der Waals surface area contributed by atoms with Gasteiger partial charge in [-0.3, -0.25) is 4.98 Å². The fraction of sp³-hybridized carbons (Fsp3) is 0. The summed E-state index contributed by atoms with van der Waals surface area (Å²) < 4.78 is 0. The summed E-state index contributed by atoms with van der Waals surface area (Å²) in [5.41, 5.74) is 7.49. The van der Waals surface area contributed by atoms with Gasteiger partial charge >= 0.3 is 0 Å². The van der Waals surface area contributed by atoms with Crippen LogP contribution < -0.4 is 5.73 Å². The van der Waals surface area contributed by atoms with E-state index in [1.165, 1.54) is 0 Å². The molecule has 1 heterocycles. The van der Waals surface area contributed by atoms with E-state index in [2.05, 4.69) is 4.98 Å². The van der Waals surface area contributed by atoms with Crippen molar-refractivity contribution in [2.75, 3.05) is 5.73 Å². The van der Waals surface area contributed by atoms with Crippen molar-refractivity contribution >= 4 is 40.0 Å². The van der Waals surface area contributed by atoms with Crippen molar-refractivity contribution in [2.24, 2.45) is 0 Å². The number of halogens is 1. The number of benzene rings is 2. The average Bonchev–Trinajstić information content (AvgIpc) is 2.40. The molecule has 0 fully saturated rings. The van der Waals surface area contributed by atoms with E-state index in [4.69, 9.17) is 17.3 Å². The summed E-state index contributed by atoms with van der Waals surface area (Å²) in [6.07, 6.45) is 1.78. The van der Waals surface area contributed by atoms with Crippen LogP contribution in [0.5, 0.6) is 0 Å². The van der Waals surface area contributed by atoms with Gasteiger partial charge in [-0.25, -0.2) is 0 Å². The molecule has 0 aliphatic carbocycles. The first-order chi connectivity index (χ1) is 9.24. The molecule has 2 nitrogen and oxygen atoms in total. The van der Waals surface area contributed by atoms with Gasteiger partial charge < -0.3 is 5.73 Å². The zero-order valence-electron chi connectivity index (χ0n) is 10.0. The van der Waals surface area contributed by atoms with E-state index in [9.17, 15) is 0 Å². The predicted molar refractivity (Wildman–Crippen MR) is 81.7 cm³/mol. The number of nitrogens with zero attached hydrogens (tertiary/aromatic N) is 1. The summed E-state index contributed by atoms with van der Waals surface area (Å²) in [7, 11) is 0. The van der Waals surface area contributed by atoms with Gasteiger partial charge in [-0.15, -0.1) is 0 Å². The van der Waals surface area contributed by atoms with Crippen molar-refractivity contribution in [3.05, 3.63) is 59.8 Å². The van der Waals surface area contributed by atoms with Crippen LogP contribution in [0.2, 0.25) is 5.02 Å². The van der Waals surface area contributed by atoms with Gasteiger partial charge in [0.25, 0.3) is 0 Å². The number of hydrogen-bond acceptors (Lipinski definition) is 3. The van der Waals surface area contributed by atoms with Crippen LogP contribution in [0.15, 0.2) is 64.5 Å². The van der Waals surface area contributed by atoms with Gasteiger partial charge in [-0.05, 0) is 30.3 Å². The molecule has 3 rings (SSSR count). The predicted octanol–water partition coefficient (Wildman–Crippen LogP) is 4.62. The molecule has 0 amide bonds. The van der Waals surface area contributed by atoms with Gasteiger partial charge in [0.05, 0.1) is 11.2 Å². The summed E-state index contributed by atoms with van der Waals surface area (Å²) in [5.74, 6) is 0. The Morgan fingerprint density at radius 2 is 1.89 bits per heavy atom. The SMILES string of the molecule is Nc1cccc2c(Sc3cccc(Cl)c3)ccnc12. The van der Waals surface area contributed by atoms with Crippen LogP contribution in [0, 0.1) is 0 Å². The lowest BCUT2D eigenvalue weighted by Gasteiger charge is -2.07. The number of para-hydroxylation sites is 1. The van der Waals surface area contributed by atoms with Gasteiger partial charge in [0.1, 0.15) is 0 Å². The molecule has 0 radical (unpaired) electrons. The summed E-state index contributed by atoms with van der Waals surface area (Å²) in [5, 5.41) is 1.80. The van der Waals surface area contributed by atoms with E-state index in [1.807, 2.05) is 48.5 Å². The number of aromatic nitrogens is 1. The standard InChI is InChI=1S/C15H11ClN2S/c16-10-3-1-4-11(9-10)19-14-7-8-18-15-12(14)5-2-6-13(15)17/h1-9H,17H2. The number of pyridine rings is 1. The molecule has 0 bridgehead atoms. The number of hydrogen-bond donors (Lipinski definition) is 1. The fourth-order valence-corrected chi connectivity index (χ4v) is 3.17. The Morgan fingerprint density at radius 1 is 1.05 bits per heavy atom. The normalized spacial score (nSPS) is 10.8. The van der Waals surface area contributed by atoms with Crippen LogP contribution >= 0.6 is 23.4 Å². The quantitative estimate of drug-likeness (QED) is 0.699. The zero-order chi connectivity index (χ0) is 13.2. The van der Waals surface area contributed by atoms with Crippen LogP contribution in [0.4, 0.5) is 5.69 Å². The molecule has 0 atom stereocenters. The number of nitrogen functional groups attached to an aromatic ring is 1. The van der Waals surface area contributed by atoms with Gasteiger partial charge in [-0.2, -0.15) is 0 Å². The van der Waals surface area contributed by atoms with E-state index in [-0.39, 0.29) is 0 Å². The number of rotatable bonds is 2. The highest BCUT2D eigenvalue weighted by Gasteiger charge is 2.06. The van der Waals surface area contributed by atoms with Crippen molar-refractivity contribution < 1.29 is 0 Å². The van der Waals surface area contributed by atoms with Crippen molar-refractivity contribution in [2.45, 2.75) is 9.79 Å². The van der Waals surface area contributed by atoms with Crippen molar-refractivity contribution in [1.29, 1.82) is 0 Å². The highest BCUT2D eigenvalue weighted by molar-refractivity contribution is 7.99. The molecule has 0 aliphatic rings. The van der Waals surface area contributed by atoms with Crippen LogP contribution in [-0.2, 0) is 0 Å². The Morgan fingerprint density at radius 3 is 2.74 bits per heavy atom. The van der Waals surface area contributed by atoms with Crippen molar-refractivity contribution in [3.63, 3.8) is 0 Å². The van der Waals surface area contributed by atoms with Crippen molar-refractivity contribution in [3.8, 4) is 0 Å². The lowest BCUT2D eigenvalue weighted by Crippen LogP contribution is -1.90. The van der Waals surface area contributed by atoms with Gasteiger partial charge in [-0.1, -0.05) is 41.6 Å². The highest BCUT2D eigenvalue weighted by atomic mass is 35.5. The van der Waals surface area contributed by atoms with E-state index in [0.29, 0.717) is 5.69 Å².